The highest BCUT2D eigenvalue weighted by Crippen LogP contribution is 2.24. The first-order valence-electron chi connectivity index (χ1n) is 11.0. The lowest BCUT2D eigenvalue weighted by Crippen LogP contribution is -2.50. The highest BCUT2D eigenvalue weighted by molar-refractivity contribution is 7.89. The van der Waals surface area contributed by atoms with Gasteiger partial charge in [-0.1, -0.05) is 11.6 Å². The van der Waals surface area contributed by atoms with E-state index in [4.69, 9.17) is 21.1 Å². The lowest BCUT2D eigenvalue weighted by molar-refractivity contribution is 0.0432. The van der Waals surface area contributed by atoms with E-state index in [9.17, 15) is 13.2 Å². The Bertz CT molecular complexity index is 877. The molecule has 1 amide bonds. The quantitative estimate of drug-likeness (QED) is 0.651. The van der Waals surface area contributed by atoms with Gasteiger partial charge in [0, 0.05) is 58.0 Å². The molecular formula is C21H30ClN3O5S. The molecule has 10 heteroatoms. The predicted molar refractivity (Wildman–Crippen MR) is 117 cm³/mol. The Hall–Kier alpha value is -1.23. The Morgan fingerprint density at radius 3 is 2.39 bits per heavy atom. The summed E-state index contributed by atoms with van der Waals surface area (Å²) in [4.78, 5) is 17.0. The van der Waals surface area contributed by atoms with Crippen molar-refractivity contribution in [2.24, 2.45) is 0 Å². The summed E-state index contributed by atoms with van der Waals surface area (Å²) in [6, 6.07) is 4.44. The van der Waals surface area contributed by atoms with Crippen LogP contribution in [0.1, 0.15) is 36.0 Å². The molecule has 3 aliphatic rings. The second-order valence-corrected chi connectivity index (χ2v) is 10.5. The van der Waals surface area contributed by atoms with Crippen LogP contribution in [0.5, 0.6) is 0 Å². The van der Waals surface area contributed by atoms with E-state index < -0.39 is 10.0 Å². The predicted octanol–water partition coefficient (Wildman–Crippen LogP) is 1.73. The number of carbonyl (C=O) groups excluding carboxylic acids is 1. The summed E-state index contributed by atoms with van der Waals surface area (Å²) < 4.78 is 39.3. The van der Waals surface area contributed by atoms with Crippen LogP contribution in [0.2, 0.25) is 5.02 Å². The fourth-order valence-electron chi connectivity index (χ4n) is 4.32. The third kappa shape index (κ3) is 5.77. The molecule has 0 bridgehead atoms. The van der Waals surface area contributed by atoms with E-state index in [0.29, 0.717) is 31.4 Å². The van der Waals surface area contributed by atoms with Crippen molar-refractivity contribution in [3.63, 3.8) is 0 Å². The van der Waals surface area contributed by atoms with E-state index in [-0.39, 0.29) is 28.5 Å². The lowest BCUT2D eigenvalue weighted by Gasteiger charge is -2.35. The molecule has 0 spiro atoms. The second-order valence-electron chi connectivity index (χ2n) is 8.36. The summed E-state index contributed by atoms with van der Waals surface area (Å²) in [5, 5.41) is 0.0952. The van der Waals surface area contributed by atoms with Gasteiger partial charge < -0.3 is 14.4 Å². The van der Waals surface area contributed by atoms with Crippen LogP contribution in [0.25, 0.3) is 0 Å². The number of halogens is 1. The average molecular weight is 472 g/mol. The van der Waals surface area contributed by atoms with Crippen molar-refractivity contribution in [1.82, 2.24) is 14.5 Å². The summed E-state index contributed by atoms with van der Waals surface area (Å²) >= 11 is 6.17. The maximum atomic E-state index is 13.0. The van der Waals surface area contributed by atoms with Gasteiger partial charge in [0.2, 0.25) is 10.0 Å². The SMILES string of the molecule is O=C(c1ccc(Cl)c(S(=O)(=O)NCC2CCCO2)c1)N1CCN(CC2CCCO2)CC1. The Kier molecular flexibility index (Phi) is 7.51. The van der Waals surface area contributed by atoms with Crippen LogP contribution in [-0.2, 0) is 19.5 Å². The molecule has 1 aromatic carbocycles. The van der Waals surface area contributed by atoms with Crippen molar-refractivity contribution in [3.8, 4) is 0 Å². The second kappa shape index (κ2) is 10.1. The van der Waals surface area contributed by atoms with Gasteiger partial charge in [0.05, 0.1) is 17.2 Å². The largest absolute Gasteiger partial charge is 0.377 e. The molecule has 2 atom stereocenters. The lowest BCUT2D eigenvalue weighted by atomic mass is 10.1. The molecule has 3 aliphatic heterocycles. The van der Waals surface area contributed by atoms with Crippen molar-refractivity contribution < 1.29 is 22.7 Å². The first-order valence-corrected chi connectivity index (χ1v) is 12.8. The third-order valence-corrected chi connectivity index (χ3v) is 8.04. The summed E-state index contributed by atoms with van der Waals surface area (Å²) in [6.07, 6.45) is 4.15. The van der Waals surface area contributed by atoms with Gasteiger partial charge in [0.1, 0.15) is 4.90 Å². The molecule has 0 aliphatic carbocycles. The van der Waals surface area contributed by atoms with Crippen LogP contribution in [0.3, 0.4) is 0 Å². The number of rotatable bonds is 7. The Labute approximate surface area is 188 Å². The Balaban J connectivity index is 1.37. The van der Waals surface area contributed by atoms with Crippen molar-refractivity contribution in [1.29, 1.82) is 0 Å². The molecule has 3 saturated heterocycles. The van der Waals surface area contributed by atoms with Crippen molar-refractivity contribution in [2.75, 3.05) is 52.5 Å². The van der Waals surface area contributed by atoms with E-state index >= 15 is 0 Å². The zero-order chi connectivity index (χ0) is 21.8. The van der Waals surface area contributed by atoms with Gasteiger partial charge in [0.15, 0.2) is 0 Å². The van der Waals surface area contributed by atoms with Crippen LogP contribution in [0.4, 0.5) is 0 Å². The number of amides is 1. The van der Waals surface area contributed by atoms with Crippen LogP contribution in [0, 0.1) is 0 Å². The van der Waals surface area contributed by atoms with Crippen LogP contribution in [0.15, 0.2) is 23.1 Å². The normalized spacial score (nSPS) is 25.3. The van der Waals surface area contributed by atoms with Gasteiger partial charge in [-0.15, -0.1) is 0 Å². The summed E-state index contributed by atoms with van der Waals surface area (Å²) in [7, 11) is -3.84. The molecular weight excluding hydrogens is 442 g/mol. The number of sulfonamides is 1. The molecule has 2 unspecified atom stereocenters. The number of piperazine rings is 1. The van der Waals surface area contributed by atoms with Gasteiger partial charge in [-0.2, -0.15) is 0 Å². The number of carbonyl (C=O) groups is 1. The van der Waals surface area contributed by atoms with E-state index in [1.807, 2.05) is 0 Å². The highest BCUT2D eigenvalue weighted by Gasteiger charge is 2.27. The molecule has 4 rings (SSSR count). The molecule has 0 radical (unpaired) electrons. The minimum Gasteiger partial charge on any atom is -0.377 e. The maximum absolute atomic E-state index is 13.0. The molecule has 1 N–H and O–H groups in total. The van der Waals surface area contributed by atoms with Crippen LogP contribution < -0.4 is 4.72 Å². The number of benzene rings is 1. The standard InChI is InChI=1S/C21H30ClN3O5S/c22-19-6-5-16(13-20(19)31(27,28)23-14-17-3-1-11-29-17)21(26)25-9-7-24(8-10-25)15-18-4-2-12-30-18/h5-6,13,17-18,23H,1-4,7-12,14-15H2. The fourth-order valence-corrected chi connectivity index (χ4v) is 5.91. The molecule has 8 nitrogen and oxygen atoms in total. The number of hydrogen-bond acceptors (Lipinski definition) is 6. The zero-order valence-electron chi connectivity index (χ0n) is 17.6. The smallest absolute Gasteiger partial charge is 0.253 e. The first-order chi connectivity index (χ1) is 14.9. The Morgan fingerprint density at radius 1 is 1.06 bits per heavy atom. The van der Waals surface area contributed by atoms with E-state index in [1.165, 1.54) is 12.1 Å². The average Bonchev–Trinajstić information content (AvgIpc) is 3.47. The minimum atomic E-state index is -3.84. The monoisotopic (exact) mass is 471 g/mol. The van der Waals surface area contributed by atoms with E-state index in [2.05, 4.69) is 9.62 Å². The van der Waals surface area contributed by atoms with Crippen LogP contribution in [-0.4, -0.2) is 88.8 Å². The summed E-state index contributed by atoms with van der Waals surface area (Å²) in [6.45, 7) is 5.37. The number of ether oxygens (including phenoxy) is 2. The van der Waals surface area contributed by atoms with Gasteiger partial charge in [0.25, 0.3) is 5.91 Å². The molecule has 31 heavy (non-hydrogen) atoms. The van der Waals surface area contributed by atoms with E-state index in [1.54, 1.807) is 11.0 Å². The van der Waals surface area contributed by atoms with Crippen molar-refractivity contribution in [3.05, 3.63) is 28.8 Å². The highest BCUT2D eigenvalue weighted by atomic mass is 35.5. The molecule has 3 fully saturated rings. The number of hydrogen-bond donors (Lipinski definition) is 1. The molecule has 0 saturated carbocycles. The molecule has 3 heterocycles. The van der Waals surface area contributed by atoms with Gasteiger partial charge in [-0.3, -0.25) is 9.69 Å². The van der Waals surface area contributed by atoms with Crippen molar-refractivity contribution in [2.45, 2.75) is 42.8 Å². The summed E-state index contributed by atoms with van der Waals surface area (Å²) in [5.74, 6) is -0.177. The number of nitrogens with zero attached hydrogens (tertiary/aromatic N) is 2. The Morgan fingerprint density at radius 2 is 1.74 bits per heavy atom. The molecule has 0 aromatic heterocycles. The topological polar surface area (TPSA) is 88.2 Å². The minimum absolute atomic E-state index is 0.0740. The van der Waals surface area contributed by atoms with Crippen LogP contribution >= 0.6 is 11.6 Å². The van der Waals surface area contributed by atoms with Gasteiger partial charge in [-0.05, 0) is 43.9 Å². The summed E-state index contributed by atoms with van der Waals surface area (Å²) in [5.41, 5.74) is 0.328. The van der Waals surface area contributed by atoms with E-state index in [0.717, 1.165) is 51.9 Å². The van der Waals surface area contributed by atoms with Gasteiger partial charge >= 0.3 is 0 Å². The third-order valence-electron chi connectivity index (χ3n) is 6.14. The maximum Gasteiger partial charge on any atom is 0.253 e. The molecule has 172 valence electrons. The van der Waals surface area contributed by atoms with Crippen molar-refractivity contribution >= 4 is 27.5 Å². The zero-order valence-corrected chi connectivity index (χ0v) is 19.2. The first kappa shape index (κ1) is 22.9. The fraction of sp³-hybridized carbons (Fsp3) is 0.667. The molecule has 1 aromatic rings. The van der Waals surface area contributed by atoms with Gasteiger partial charge in [-0.25, -0.2) is 13.1 Å². The number of nitrogens with one attached hydrogen (secondary N) is 1.